The summed E-state index contributed by atoms with van der Waals surface area (Å²) in [5.41, 5.74) is 1.62. The van der Waals surface area contributed by atoms with Crippen molar-refractivity contribution in [1.82, 2.24) is 4.98 Å². The molecule has 2 nitrogen and oxygen atoms in total. The molecular weight excluding hydrogens is 242 g/mol. The predicted octanol–water partition coefficient (Wildman–Crippen LogP) is 3.97. The summed E-state index contributed by atoms with van der Waals surface area (Å²) in [5.74, 6) is 0.0422. The van der Waals surface area contributed by atoms with Crippen LogP contribution in [-0.4, -0.2) is 10.8 Å². The molecule has 0 saturated carbocycles. The molecule has 0 unspecified atom stereocenters. The molecular formula is C12H10ClNOS. The number of carbonyl (C=O) groups is 1. The van der Waals surface area contributed by atoms with Crippen LogP contribution < -0.4 is 0 Å². The molecule has 0 saturated heterocycles. The van der Waals surface area contributed by atoms with Gasteiger partial charge in [0.25, 0.3) is 0 Å². The summed E-state index contributed by atoms with van der Waals surface area (Å²) in [6.07, 6.45) is 0. The van der Waals surface area contributed by atoms with Crippen LogP contribution in [0.3, 0.4) is 0 Å². The number of Topliss-reactive ketones (excluding diaryl/α,β-unsaturated/α-hetero) is 1. The first-order valence-electron chi connectivity index (χ1n) is 4.82. The van der Waals surface area contributed by atoms with Crippen molar-refractivity contribution in [3.05, 3.63) is 39.2 Å². The second-order valence-electron chi connectivity index (χ2n) is 3.48. The van der Waals surface area contributed by atoms with E-state index in [1.807, 2.05) is 25.1 Å². The molecule has 0 bridgehead atoms. The van der Waals surface area contributed by atoms with Crippen molar-refractivity contribution >= 4 is 28.7 Å². The number of aromatic nitrogens is 1. The number of hydrogen-bond acceptors (Lipinski definition) is 3. The molecule has 4 heteroatoms. The molecule has 0 fully saturated rings. The molecule has 0 amide bonds. The standard InChI is InChI=1S/C12H10ClNOS/c1-7(15)12-11(14-8(2)16-12)9-4-3-5-10(13)6-9/h3-6H,1-2H3. The van der Waals surface area contributed by atoms with E-state index in [4.69, 9.17) is 11.6 Å². The van der Waals surface area contributed by atoms with Gasteiger partial charge in [-0.1, -0.05) is 23.7 Å². The summed E-state index contributed by atoms with van der Waals surface area (Å²) in [7, 11) is 0. The van der Waals surface area contributed by atoms with Crippen LogP contribution in [0.15, 0.2) is 24.3 Å². The Morgan fingerprint density at radius 3 is 2.81 bits per heavy atom. The van der Waals surface area contributed by atoms with Crippen molar-refractivity contribution < 1.29 is 4.79 Å². The van der Waals surface area contributed by atoms with Crippen molar-refractivity contribution in [2.75, 3.05) is 0 Å². The fraction of sp³-hybridized carbons (Fsp3) is 0.167. The first kappa shape index (κ1) is 11.3. The van der Waals surface area contributed by atoms with Crippen LogP contribution in [-0.2, 0) is 0 Å². The lowest BCUT2D eigenvalue weighted by atomic mass is 10.1. The lowest BCUT2D eigenvalue weighted by Crippen LogP contribution is -1.91. The third-order valence-corrected chi connectivity index (χ3v) is 3.46. The Hall–Kier alpha value is -1.19. The number of rotatable bonds is 2. The van der Waals surface area contributed by atoms with E-state index in [0.717, 1.165) is 16.3 Å². The maximum Gasteiger partial charge on any atom is 0.172 e. The first-order valence-corrected chi connectivity index (χ1v) is 6.01. The monoisotopic (exact) mass is 251 g/mol. The Morgan fingerprint density at radius 1 is 1.44 bits per heavy atom. The summed E-state index contributed by atoms with van der Waals surface area (Å²) in [6, 6.07) is 7.39. The van der Waals surface area contributed by atoms with E-state index >= 15 is 0 Å². The van der Waals surface area contributed by atoms with Gasteiger partial charge in [-0.2, -0.15) is 0 Å². The van der Waals surface area contributed by atoms with Crippen LogP contribution in [0.5, 0.6) is 0 Å². The van der Waals surface area contributed by atoms with Gasteiger partial charge in [0, 0.05) is 17.5 Å². The summed E-state index contributed by atoms with van der Waals surface area (Å²) in [5, 5.41) is 1.54. The van der Waals surface area contributed by atoms with Crippen LogP contribution in [0.2, 0.25) is 5.02 Å². The largest absolute Gasteiger partial charge is 0.294 e. The molecule has 1 aromatic heterocycles. The molecule has 0 spiro atoms. The van der Waals surface area contributed by atoms with Crippen LogP contribution in [0, 0.1) is 6.92 Å². The first-order chi connectivity index (χ1) is 7.58. The van der Waals surface area contributed by atoms with Gasteiger partial charge in [0.05, 0.1) is 15.6 Å². The topological polar surface area (TPSA) is 30.0 Å². The summed E-state index contributed by atoms with van der Waals surface area (Å²) in [6.45, 7) is 3.45. The van der Waals surface area contributed by atoms with E-state index in [0.29, 0.717) is 9.90 Å². The van der Waals surface area contributed by atoms with Crippen molar-refractivity contribution in [2.45, 2.75) is 13.8 Å². The van der Waals surface area contributed by atoms with E-state index in [1.54, 1.807) is 13.0 Å². The predicted molar refractivity (Wildman–Crippen MR) is 67.3 cm³/mol. The molecule has 16 heavy (non-hydrogen) atoms. The van der Waals surface area contributed by atoms with E-state index in [1.165, 1.54) is 11.3 Å². The fourth-order valence-corrected chi connectivity index (χ4v) is 2.52. The zero-order valence-electron chi connectivity index (χ0n) is 8.95. The van der Waals surface area contributed by atoms with Crippen LogP contribution in [0.25, 0.3) is 11.3 Å². The van der Waals surface area contributed by atoms with Gasteiger partial charge in [0.2, 0.25) is 0 Å². The van der Waals surface area contributed by atoms with Crippen LogP contribution in [0.1, 0.15) is 21.6 Å². The van der Waals surface area contributed by atoms with Gasteiger partial charge >= 0.3 is 0 Å². The fourth-order valence-electron chi connectivity index (χ4n) is 1.50. The Labute approximate surface area is 103 Å². The summed E-state index contributed by atoms with van der Waals surface area (Å²) in [4.78, 5) is 16.6. The molecule has 0 aliphatic rings. The number of benzene rings is 1. The highest BCUT2D eigenvalue weighted by atomic mass is 35.5. The van der Waals surface area contributed by atoms with Crippen molar-refractivity contribution in [3.63, 3.8) is 0 Å². The number of thiazole rings is 1. The Morgan fingerprint density at radius 2 is 2.19 bits per heavy atom. The van der Waals surface area contributed by atoms with Gasteiger partial charge in [-0.25, -0.2) is 4.98 Å². The van der Waals surface area contributed by atoms with Gasteiger partial charge in [-0.05, 0) is 19.1 Å². The third-order valence-electron chi connectivity index (χ3n) is 2.15. The number of carbonyl (C=O) groups excluding carboxylic acids is 1. The smallest absolute Gasteiger partial charge is 0.172 e. The van der Waals surface area contributed by atoms with E-state index in [2.05, 4.69) is 4.98 Å². The van der Waals surface area contributed by atoms with Gasteiger partial charge in [0.1, 0.15) is 0 Å². The molecule has 1 aromatic carbocycles. The van der Waals surface area contributed by atoms with Gasteiger partial charge < -0.3 is 0 Å². The van der Waals surface area contributed by atoms with Gasteiger partial charge in [-0.15, -0.1) is 11.3 Å². The maximum atomic E-state index is 11.5. The van der Waals surface area contributed by atoms with Crippen LogP contribution in [0.4, 0.5) is 0 Å². The minimum Gasteiger partial charge on any atom is -0.294 e. The second-order valence-corrected chi connectivity index (χ2v) is 5.12. The zero-order valence-corrected chi connectivity index (χ0v) is 10.5. The van der Waals surface area contributed by atoms with E-state index in [-0.39, 0.29) is 5.78 Å². The zero-order chi connectivity index (χ0) is 11.7. The minimum absolute atomic E-state index is 0.0422. The molecule has 1 heterocycles. The Kier molecular flexibility index (Phi) is 3.08. The third kappa shape index (κ3) is 2.15. The molecule has 2 aromatic rings. The van der Waals surface area contributed by atoms with Gasteiger partial charge in [0.15, 0.2) is 5.78 Å². The Bertz CT molecular complexity index is 548. The number of ketones is 1. The van der Waals surface area contributed by atoms with Crippen molar-refractivity contribution in [2.24, 2.45) is 0 Å². The molecule has 0 N–H and O–H groups in total. The van der Waals surface area contributed by atoms with E-state index in [9.17, 15) is 4.79 Å². The highest BCUT2D eigenvalue weighted by Crippen LogP contribution is 2.29. The average Bonchev–Trinajstić information content (AvgIpc) is 2.60. The van der Waals surface area contributed by atoms with Crippen LogP contribution >= 0.6 is 22.9 Å². The molecule has 82 valence electrons. The highest BCUT2D eigenvalue weighted by Gasteiger charge is 2.14. The minimum atomic E-state index is 0.0422. The number of aryl methyl sites for hydroxylation is 1. The molecule has 0 atom stereocenters. The second kappa shape index (κ2) is 4.36. The quantitative estimate of drug-likeness (QED) is 0.756. The maximum absolute atomic E-state index is 11.5. The lowest BCUT2D eigenvalue weighted by Gasteiger charge is -1.99. The normalized spacial score (nSPS) is 10.4. The summed E-state index contributed by atoms with van der Waals surface area (Å²) < 4.78 is 0. The number of hydrogen-bond donors (Lipinski definition) is 0. The average molecular weight is 252 g/mol. The van der Waals surface area contributed by atoms with Crippen molar-refractivity contribution in [3.8, 4) is 11.3 Å². The number of halogens is 1. The van der Waals surface area contributed by atoms with Gasteiger partial charge in [-0.3, -0.25) is 4.79 Å². The van der Waals surface area contributed by atoms with Crippen molar-refractivity contribution in [1.29, 1.82) is 0 Å². The lowest BCUT2D eigenvalue weighted by molar-refractivity contribution is 0.102. The number of nitrogens with zero attached hydrogens (tertiary/aromatic N) is 1. The molecule has 0 aliphatic carbocycles. The molecule has 0 aliphatic heterocycles. The summed E-state index contributed by atoms with van der Waals surface area (Å²) >= 11 is 7.34. The molecule has 2 rings (SSSR count). The Balaban J connectivity index is 2.59. The highest BCUT2D eigenvalue weighted by molar-refractivity contribution is 7.14. The SMILES string of the molecule is CC(=O)c1sc(C)nc1-c1cccc(Cl)c1. The van der Waals surface area contributed by atoms with E-state index < -0.39 is 0 Å². The molecule has 0 radical (unpaired) electrons.